The minimum absolute atomic E-state index is 0.458. The number of anilines is 2. The average molecular weight is 374 g/mol. The molecule has 0 radical (unpaired) electrons. The van der Waals surface area contributed by atoms with Gasteiger partial charge in [0.2, 0.25) is 0 Å². The van der Waals surface area contributed by atoms with Crippen molar-refractivity contribution in [3.63, 3.8) is 0 Å². The molecule has 0 saturated carbocycles. The molecule has 2 aromatic rings. The van der Waals surface area contributed by atoms with Crippen LogP contribution < -0.4 is 15.8 Å². The quantitative estimate of drug-likeness (QED) is 0.712. The molecule has 0 amide bonds. The summed E-state index contributed by atoms with van der Waals surface area (Å²) < 4.78 is 13.9. The van der Waals surface area contributed by atoms with Crippen molar-refractivity contribution in [1.82, 2.24) is 8.75 Å². The van der Waals surface area contributed by atoms with E-state index in [2.05, 4.69) is 32.3 Å². The van der Waals surface area contributed by atoms with E-state index in [1.165, 1.54) is 43.4 Å². The predicted molar refractivity (Wildman–Crippen MR) is 108 cm³/mol. The maximum absolute atomic E-state index is 5.91. The molecule has 0 atom stereocenters. The van der Waals surface area contributed by atoms with Crippen LogP contribution in [-0.4, -0.2) is 34.2 Å². The molecule has 3 rings (SSSR count). The summed E-state index contributed by atoms with van der Waals surface area (Å²) in [4.78, 5) is 4.83. The van der Waals surface area contributed by atoms with E-state index in [9.17, 15) is 0 Å². The number of aliphatic imine (C=N–C) groups is 1. The van der Waals surface area contributed by atoms with Gasteiger partial charge in [0, 0.05) is 18.8 Å². The highest BCUT2D eigenvalue weighted by Crippen LogP contribution is 2.19. The first-order valence-corrected chi connectivity index (χ1v) is 10.1. The zero-order valence-electron chi connectivity index (χ0n) is 15.1. The number of benzene rings is 1. The third-order valence-electron chi connectivity index (χ3n) is 4.44. The lowest BCUT2D eigenvalue weighted by atomic mass is 10.0. The van der Waals surface area contributed by atoms with Crippen LogP contribution in [0, 0.1) is 0 Å². The van der Waals surface area contributed by atoms with Gasteiger partial charge in [-0.25, -0.2) is 0 Å². The molecule has 0 spiro atoms. The Kier molecular flexibility index (Phi) is 7.25. The van der Waals surface area contributed by atoms with Crippen LogP contribution in [0.25, 0.3) is 0 Å². The van der Waals surface area contributed by atoms with Gasteiger partial charge in [-0.3, -0.25) is 4.99 Å². The van der Waals surface area contributed by atoms with E-state index < -0.39 is 0 Å². The molecule has 0 saturated heterocycles. The summed E-state index contributed by atoms with van der Waals surface area (Å²) in [6.07, 6.45) is 8.30. The smallest absolute Gasteiger partial charge is 0.184 e. The number of hydrogen-bond donors (Lipinski definition) is 2. The third kappa shape index (κ3) is 5.69. The van der Waals surface area contributed by atoms with Crippen LogP contribution >= 0.6 is 11.7 Å². The number of ether oxygens (including phenoxy) is 1. The molecule has 3 N–H and O–H groups in total. The van der Waals surface area contributed by atoms with Crippen molar-refractivity contribution < 1.29 is 4.74 Å². The van der Waals surface area contributed by atoms with Crippen LogP contribution in [0.15, 0.2) is 29.3 Å². The van der Waals surface area contributed by atoms with Gasteiger partial charge in [0.15, 0.2) is 11.6 Å². The Morgan fingerprint density at radius 1 is 1.12 bits per heavy atom. The van der Waals surface area contributed by atoms with E-state index in [1.807, 2.05) is 6.07 Å². The molecular weight excluding hydrogens is 346 g/mol. The highest BCUT2D eigenvalue weighted by atomic mass is 32.1. The first-order chi connectivity index (χ1) is 12.8. The van der Waals surface area contributed by atoms with Crippen molar-refractivity contribution >= 4 is 29.1 Å². The average Bonchev–Trinajstić information content (AvgIpc) is 3.12. The molecule has 6 nitrogen and oxygen atoms in total. The number of rotatable bonds is 7. The van der Waals surface area contributed by atoms with E-state index in [0.717, 1.165) is 43.4 Å². The number of nitrogens with zero attached hydrogens (tertiary/aromatic N) is 3. The van der Waals surface area contributed by atoms with Crippen LogP contribution in [0.3, 0.4) is 0 Å². The number of aromatic nitrogens is 2. The largest absolute Gasteiger partial charge is 0.494 e. The molecule has 1 aromatic heterocycles. The third-order valence-corrected chi connectivity index (χ3v) is 4.98. The maximum Gasteiger partial charge on any atom is 0.184 e. The summed E-state index contributed by atoms with van der Waals surface area (Å²) in [5.74, 6) is 2.02. The van der Waals surface area contributed by atoms with Crippen molar-refractivity contribution in [2.45, 2.75) is 44.9 Å². The molecule has 140 valence electrons. The lowest BCUT2D eigenvalue weighted by Gasteiger charge is -2.10. The molecule has 1 aliphatic heterocycles. The van der Waals surface area contributed by atoms with Gasteiger partial charge >= 0.3 is 0 Å². The molecule has 0 aliphatic carbocycles. The second-order valence-corrected chi connectivity index (χ2v) is 7.03. The molecular formula is C19H27N5OS. The Morgan fingerprint density at radius 3 is 2.88 bits per heavy atom. The van der Waals surface area contributed by atoms with Crippen LogP contribution in [0.1, 0.15) is 50.5 Å². The Labute approximate surface area is 159 Å². The first kappa shape index (κ1) is 18.6. The molecule has 7 heteroatoms. The SMILES string of the molecule is Nc1nsnc1NCCCOc1cccc(C2=NCCCCCCC2)c1. The number of hydrogen-bond acceptors (Lipinski definition) is 7. The van der Waals surface area contributed by atoms with Crippen LogP contribution in [0.5, 0.6) is 5.75 Å². The fraction of sp³-hybridized carbons (Fsp3) is 0.526. The molecule has 1 aromatic carbocycles. The second-order valence-electron chi connectivity index (χ2n) is 6.50. The van der Waals surface area contributed by atoms with Crippen molar-refractivity contribution in [1.29, 1.82) is 0 Å². The monoisotopic (exact) mass is 373 g/mol. The van der Waals surface area contributed by atoms with Gasteiger partial charge in [0.1, 0.15) is 5.75 Å². The van der Waals surface area contributed by atoms with Gasteiger partial charge in [-0.15, -0.1) is 0 Å². The topological polar surface area (TPSA) is 85.4 Å². The van der Waals surface area contributed by atoms with Crippen LogP contribution in [-0.2, 0) is 0 Å². The Hall–Kier alpha value is -2.15. The number of nitrogens with two attached hydrogens (primary N) is 1. The van der Waals surface area contributed by atoms with Crippen LogP contribution in [0.2, 0.25) is 0 Å². The normalized spacial score (nSPS) is 15.5. The Bertz CT molecular complexity index is 715. The standard InChI is InChI=1S/C19H27N5OS/c20-18-19(24-26-23-18)22-12-7-13-25-16-9-6-8-15(14-16)17-10-4-2-1-3-5-11-21-17/h6,8-9,14H,1-5,7,10-13H2,(H2,20,23)(H,22,24). The summed E-state index contributed by atoms with van der Waals surface area (Å²) in [5, 5.41) is 3.17. The summed E-state index contributed by atoms with van der Waals surface area (Å²) in [6, 6.07) is 8.32. The fourth-order valence-electron chi connectivity index (χ4n) is 3.02. The first-order valence-electron chi connectivity index (χ1n) is 9.41. The molecule has 1 aliphatic rings. The summed E-state index contributed by atoms with van der Waals surface area (Å²) in [6.45, 7) is 2.34. The number of nitrogens with one attached hydrogen (secondary N) is 1. The van der Waals surface area contributed by atoms with E-state index in [4.69, 9.17) is 15.5 Å². The maximum atomic E-state index is 5.91. The fourth-order valence-corrected chi connectivity index (χ4v) is 3.47. The molecule has 0 unspecified atom stereocenters. The van der Waals surface area contributed by atoms with Crippen molar-refractivity contribution in [3.8, 4) is 5.75 Å². The van der Waals surface area contributed by atoms with E-state index in [-0.39, 0.29) is 0 Å². The Balaban J connectivity index is 1.48. The summed E-state index contributed by atoms with van der Waals surface area (Å²) in [7, 11) is 0. The molecule has 2 heterocycles. The van der Waals surface area contributed by atoms with Gasteiger partial charge in [-0.1, -0.05) is 31.4 Å². The zero-order chi connectivity index (χ0) is 18.0. The summed E-state index contributed by atoms with van der Waals surface area (Å²) in [5.41, 5.74) is 8.12. The predicted octanol–water partition coefficient (Wildman–Crippen LogP) is 4.14. The van der Waals surface area contributed by atoms with Gasteiger partial charge < -0.3 is 15.8 Å². The Morgan fingerprint density at radius 2 is 2.00 bits per heavy atom. The minimum atomic E-state index is 0.458. The van der Waals surface area contributed by atoms with E-state index in [1.54, 1.807) is 0 Å². The van der Waals surface area contributed by atoms with Crippen LogP contribution in [0.4, 0.5) is 11.6 Å². The molecule has 26 heavy (non-hydrogen) atoms. The van der Waals surface area contributed by atoms with Gasteiger partial charge in [-0.05, 0) is 43.4 Å². The highest BCUT2D eigenvalue weighted by Gasteiger charge is 2.07. The van der Waals surface area contributed by atoms with Gasteiger partial charge in [0.05, 0.1) is 18.3 Å². The van der Waals surface area contributed by atoms with Crippen molar-refractivity contribution in [3.05, 3.63) is 29.8 Å². The lowest BCUT2D eigenvalue weighted by molar-refractivity contribution is 0.315. The molecule has 0 bridgehead atoms. The van der Waals surface area contributed by atoms with Gasteiger partial charge in [0.25, 0.3) is 0 Å². The van der Waals surface area contributed by atoms with Gasteiger partial charge in [-0.2, -0.15) is 8.75 Å². The highest BCUT2D eigenvalue weighted by molar-refractivity contribution is 6.99. The van der Waals surface area contributed by atoms with Crippen molar-refractivity contribution in [2.75, 3.05) is 30.7 Å². The zero-order valence-corrected chi connectivity index (χ0v) is 15.9. The minimum Gasteiger partial charge on any atom is -0.494 e. The lowest BCUT2D eigenvalue weighted by Crippen LogP contribution is -2.09. The van der Waals surface area contributed by atoms with E-state index >= 15 is 0 Å². The number of nitrogen functional groups attached to an aromatic ring is 1. The van der Waals surface area contributed by atoms with Crippen molar-refractivity contribution in [2.24, 2.45) is 4.99 Å². The molecule has 0 fully saturated rings. The second kappa shape index (κ2) is 10.1. The summed E-state index contributed by atoms with van der Waals surface area (Å²) >= 11 is 1.12. The van der Waals surface area contributed by atoms with E-state index in [0.29, 0.717) is 18.2 Å².